The smallest absolute Gasteiger partial charge is 0.283 e. The van der Waals surface area contributed by atoms with Crippen molar-refractivity contribution < 1.29 is 9.72 Å². The van der Waals surface area contributed by atoms with Gasteiger partial charge in [-0.05, 0) is 50.4 Å². The first kappa shape index (κ1) is 15.7. The van der Waals surface area contributed by atoms with Crippen molar-refractivity contribution in [1.29, 1.82) is 0 Å². The molecule has 7 heteroatoms. The van der Waals surface area contributed by atoms with Crippen molar-refractivity contribution in [3.63, 3.8) is 0 Å². The van der Waals surface area contributed by atoms with Crippen LogP contribution in [0.15, 0.2) is 18.2 Å². The van der Waals surface area contributed by atoms with Crippen LogP contribution < -0.4 is 10.6 Å². The number of rotatable bonds is 5. The molecule has 0 spiro atoms. The van der Waals surface area contributed by atoms with E-state index in [0.717, 1.165) is 32.4 Å². The quantitative estimate of drug-likeness (QED) is 0.646. The number of hydrogen-bond acceptors (Lipinski definition) is 4. The van der Waals surface area contributed by atoms with Crippen molar-refractivity contribution in [2.45, 2.75) is 19.3 Å². The van der Waals surface area contributed by atoms with Gasteiger partial charge in [-0.3, -0.25) is 14.9 Å². The minimum absolute atomic E-state index is 0.0474. The summed E-state index contributed by atoms with van der Waals surface area (Å²) in [6.07, 6.45) is 3.19. The molecular formula is C14H18ClN3O3. The summed E-state index contributed by atoms with van der Waals surface area (Å²) in [6.45, 7) is 2.54. The van der Waals surface area contributed by atoms with Gasteiger partial charge in [0.05, 0.1) is 4.92 Å². The molecule has 1 saturated heterocycles. The highest BCUT2D eigenvalue weighted by Gasteiger charge is 2.20. The highest BCUT2D eigenvalue weighted by molar-refractivity contribution is 6.31. The third kappa shape index (κ3) is 4.41. The van der Waals surface area contributed by atoms with Crippen molar-refractivity contribution in [3.05, 3.63) is 38.9 Å². The van der Waals surface area contributed by atoms with Crippen molar-refractivity contribution in [2.24, 2.45) is 5.92 Å². The number of nitro benzene ring substituents is 1. The lowest BCUT2D eigenvalue weighted by molar-refractivity contribution is -0.385. The van der Waals surface area contributed by atoms with E-state index in [2.05, 4.69) is 10.6 Å². The van der Waals surface area contributed by atoms with E-state index in [9.17, 15) is 14.9 Å². The van der Waals surface area contributed by atoms with Crippen molar-refractivity contribution in [3.8, 4) is 0 Å². The Hall–Kier alpha value is -1.66. The Morgan fingerprint density at radius 2 is 2.33 bits per heavy atom. The highest BCUT2D eigenvalue weighted by Crippen LogP contribution is 2.23. The minimum atomic E-state index is -0.591. The standard InChI is InChI=1S/C14H18ClN3O3/c15-11-3-4-12(13(8-11)18(20)21)14(19)17-7-5-10-2-1-6-16-9-10/h3-4,8,10,16H,1-2,5-7,9H2,(H,17,19). The Morgan fingerprint density at radius 3 is 3.00 bits per heavy atom. The molecule has 2 N–H and O–H groups in total. The second-order valence-electron chi connectivity index (χ2n) is 5.18. The van der Waals surface area contributed by atoms with E-state index >= 15 is 0 Å². The molecule has 1 aromatic carbocycles. The van der Waals surface area contributed by atoms with Gasteiger partial charge >= 0.3 is 0 Å². The third-order valence-corrected chi connectivity index (χ3v) is 3.87. The van der Waals surface area contributed by atoms with Gasteiger partial charge in [-0.15, -0.1) is 0 Å². The van der Waals surface area contributed by atoms with Crippen LogP contribution in [0.4, 0.5) is 5.69 Å². The Balaban J connectivity index is 1.92. The van der Waals surface area contributed by atoms with Gasteiger partial charge in [0.25, 0.3) is 11.6 Å². The number of halogens is 1. The summed E-state index contributed by atoms with van der Waals surface area (Å²) in [5.41, 5.74) is -0.217. The fourth-order valence-corrected chi connectivity index (χ4v) is 2.67. The number of benzene rings is 1. The van der Waals surface area contributed by atoms with E-state index in [1.54, 1.807) is 0 Å². The van der Waals surface area contributed by atoms with Gasteiger partial charge in [0.15, 0.2) is 0 Å². The lowest BCUT2D eigenvalue weighted by atomic mass is 9.96. The zero-order valence-corrected chi connectivity index (χ0v) is 12.4. The van der Waals surface area contributed by atoms with Crippen molar-refractivity contribution in [1.82, 2.24) is 10.6 Å². The molecule has 1 heterocycles. The molecule has 1 aliphatic rings. The molecule has 21 heavy (non-hydrogen) atoms. The van der Waals surface area contributed by atoms with E-state index < -0.39 is 10.8 Å². The SMILES string of the molecule is O=C(NCCC1CCCNC1)c1ccc(Cl)cc1[N+](=O)[O-]. The molecule has 0 bridgehead atoms. The first-order valence-electron chi connectivity index (χ1n) is 7.01. The molecule has 6 nitrogen and oxygen atoms in total. The number of carbonyl (C=O) groups excluding carboxylic acids is 1. The maximum absolute atomic E-state index is 12.0. The maximum atomic E-state index is 12.0. The average molecular weight is 312 g/mol. The number of piperidine rings is 1. The molecule has 0 aromatic heterocycles. The second kappa shape index (κ2) is 7.38. The van der Waals surface area contributed by atoms with Crippen LogP contribution in [0.25, 0.3) is 0 Å². The van der Waals surface area contributed by atoms with E-state index in [0.29, 0.717) is 12.5 Å². The van der Waals surface area contributed by atoms with Gasteiger partial charge in [-0.1, -0.05) is 11.6 Å². The summed E-state index contributed by atoms with van der Waals surface area (Å²) < 4.78 is 0. The van der Waals surface area contributed by atoms with E-state index in [-0.39, 0.29) is 16.3 Å². The number of carbonyl (C=O) groups is 1. The normalized spacial score (nSPS) is 18.2. The van der Waals surface area contributed by atoms with E-state index in [4.69, 9.17) is 11.6 Å². The topological polar surface area (TPSA) is 84.3 Å². The van der Waals surface area contributed by atoms with Crippen LogP contribution in [0.2, 0.25) is 5.02 Å². The van der Waals surface area contributed by atoms with Gasteiger partial charge in [-0.2, -0.15) is 0 Å². The molecule has 1 amide bonds. The lowest BCUT2D eigenvalue weighted by Crippen LogP contribution is -2.33. The average Bonchev–Trinajstić information content (AvgIpc) is 2.48. The Labute approximate surface area is 128 Å². The summed E-state index contributed by atoms with van der Waals surface area (Å²) in [5, 5.41) is 17.3. The molecule has 0 aliphatic carbocycles. The zero-order valence-electron chi connectivity index (χ0n) is 11.6. The van der Waals surface area contributed by atoms with Crippen LogP contribution in [0, 0.1) is 16.0 Å². The van der Waals surface area contributed by atoms with Crippen LogP contribution in [-0.4, -0.2) is 30.5 Å². The zero-order chi connectivity index (χ0) is 15.2. The molecule has 1 fully saturated rings. The fourth-order valence-electron chi connectivity index (χ4n) is 2.50. The molecule has 2 rings (SSSR count). The minimum Gasteiger partial charge on any atom is -0.352 e. The molecule has 0 radical (unpaired) electrons. The monoisotopic (exact) mass is 311 g/mol. The van der Waals surface area contributed by atoms with Crippen molar-refractivity contribution in [2.75, 3.05) is 19.6 Å². The maximum Gasteiger partial charge on any atom is 0.283 e. The van der Waals surface area contributed by atoms with E-state index in [1.165, 1.54) is 18.2 Å². The van der Waals surface area contributed by atoms with E-state index in [1.807, 2.05) is 0 Å². The van der Waals surface area contributed by atoms with Gasteiger partial charge in [-0.25, -0.2) is 0 Å². The largest absolute Gasteiger partial charge is 0.352 e. The van der Waals surface area contributed by atoms with Crippen molar-refractivity contribution >= 4 is 23.2 Å². The summed E-state index contributed by atoms with van der Waals surface area (Å²) in [5.74, 6) is 0.126. The number of hydrogen-bond donors (Lipinski definition) is 2. The predicted octanol–water partition coefficient (Wildman–Crippen LogP) is 2.37. The third-order valence-electron chi connectivity index (χ3n) is 3.64. The molecule has 0 saturated carbocycles. The number of nitrogens with zero attached hydrogens (tertiary/aromatic N) is 1. The molecule has 114 valence electrons. The molecule has 1 aromatic rings. The first-order chi connectivity index (χ1) is 10.1. The Bertz CT molecular complexity index is 530. The Kier molecular flexibility index (Phi) is 5.52. The predicted molar refractivity (Wildman–Crippen MR) is 80.7 cm³/mol. The summed E-state index contributed by atoms with van der Waals surface area (Å²) in [4.78, 5) is 22.4. The molecular weight excluding hydrogens is 294 g/mol. The van der Waals surface area contributed by atoms with Crippen LogP contribution in [0.5, 0.6) is 0 Å². The summed E-state index contributed by atoms with van der Waals surface area (Å²) in [7, 11) is 0. The highest BCUT2D eigenvalue weighted by atomic mass is 35.5. The van der Waals surface area contributed by atoms with Gasteiger partial charge in [0.1, 0.15) is 5.56 Å². The molecule has 1 aliphatic heterocycles. The fraction of sp³-hybridized carbons (Fsp3) is 0.500. The Morgan fingerprint density at radius 1 is 1.52 bits per heavy atom. The van der Waals surface area contributed by atoms with Gasteiger partial charge < -0.3 is 10.6 Å². The van der Waals surface area contributed by atoms with Gasteiger partial charge in [0, 0.05) is 17.6 Å². The molecule has 1 unspecified atom stereocenters. The number of nitrogens with one attached hydrogen (secondary N) is 2. The summed E-state index contributed by atoms with van der Waals surface area (Å²) >= 11 is 5.73. The van der Waals surface area contributed by atoms with Crippen LogP contribution in [0.1, 0.15) is 29.6 Å². The second-order valence-corrected chi connectivity index (χ2v) is 5.61. The number of nitro groups is 1. The van der Waals surface area contributed by atoms with Gasteiger partial charge in [0.2, 0.25) is 0 Å². The lowest BCUT2D eigenvalue weighted by Gasteiger charge is -2.22. The van der Waals surface area contributed by atoms with Crippen LogP contribution >= 0.6 is 11.6 Å². The van der Waals surface area contributed by atoms with Crippen LogP contribution in [0.3, 0.4) is 0 Å². The first-order valence-corrected chi connectivity index (χ1v) is 7.38. The molecule has 1 atom stereocenters. The summed E-state index contributed by atoms with van der Waals surface area (Å²) in [6, 6.07) is 4.06. The number of amides is 1. The van der Waals surface area contributed by atoms with Crippen LogP contribution in [-0.2, 0) is 0 Å².